The van der Waals surface area contributed by atoms with Gasteiger partial charge in [-0.15, -0.1) is 0 Å². The molecule has 0 amide bonds. The van der Waals surface area contributed by atoms with Crippen molar-refractivity contribution < 1.29 is 14.6 Å². The second kappa shape index (κ2) is 6.39. The van der Waals surface area contributed by atoms with Gasteiger partial charge in [-0.2, -0.15) is 0 Å². The number of aromatic carboxylic acids is 1. The summed E-state index contributed by atoms with van der Waals surface area (Å²) in [6.45, 7) is 6.59. The van der Waals surface area contributed by atoms with Crippen LogP contribution >= 0.6 is 0 Å². The highest BCUT2D eigenvalue weighted by atomic mass is 16.5. The zero-order valence-corrected chi connectivity index (χ0v) is 12.5. The Hall–Kier alpha value is -2.36. The number of nitrogens with zero attached hydrogens (tertiary/aromatic N) is 1. The molecule has 0 saturated carbocycles. The second-order valence-corrected chi connectivity index (χ2v) is 5.32. The van der Waals surface area contributed by atoms with E-state index in [1.165, 1.54) is 17.8 Å². The quantitative estimate of drug-likeness (QED) is 0.908. The minimum atomic E-state index is -1.03. The van der Waals surface area contributed by atoms with Gasteiger partial charge in [-0.1, -0.05) is 26.0 Å². The van der Waals surface area contributed by atoms with Crippen molar-refractivity contribution in [3.63, 3.8) is 0 Å². The molecule has 4 nitrogen and oxygen atoms in total. The summed E-state index contributed by atoms with van der Waals surface area (Å²) in [6, 6.07) is 9.47. The standard InChI is InChI=1S/C17H19NO3/c1-11(2)14-5-4-12(3)16(9-14)21-10-13-6-7-18-15(8-13)17(19)20/h4-9,11H,10H2,1-3H3,(H,19,20). The highest BCUT2D eigenvalue weighted by Crippen LogP contribution is 2.25. The maximum absolute atomic E-state index is 10.9. The first kappa shape index (κ1) is 15.0. The van der Waals surface area contributed by atoms with E-state index in [0.717, 1.165) is 16.9 Å². The van der Waals surface area contributed by atoms with E-state index in [9.17, 15) is 4.79 Å². The first-order valence-electron chi connectivity index (χ1n) is 6.89. The number of carbonyl (C=O) groups is 1. The van der Waals surface area contributed by atoms with Gasteiger partial charge in [0.1, 0.15) is 18.1 Å². The summed E-state index contributed by atoms with van der Waals surface area (Å²) in [4.78, 5) is 14.7. The van der Waals surface area contributed by atoms with Crippen LogP contribution in [0.2, 0.25) is 0 Å². The zero-order chi connectivity index (χ0) is 15.4. The largest absolute Gasteiger partial charge is 0.489 e. The van der Waals surface area contributed by atoms with Crippen LogP contribution in [0.1, 0.15) is 46.9 Å². The van der Waals surface area contributed by atoms with E-state index in [-0.39, 0.29) is 5.69 Å². The molecule has 0 fully saturated rings. The van der Waals surface area contributed by atoms with Gasteiger partial charge in [-0.3, -0.25) is 0 Å². The van der Waals surface area contributed by atoms with Crippen molar-refractivity contribution in [2.24, 2.45) is 0 Å². The molecule has 2 aromatic rings. The van der Waals surface area contributed by atoms with Crippen molar-refractivity contribution in [1.82, 2.24) is 4.98 Å². The molecule has 2 rings (SSSR count). The van der Waals surface area contributed by atoms with E-state index in [1.807, 2.05) is 19.1 Å². The van der Waals surface area contributed by atoms with Crippen LogP contribution in [0, 0.1) is 6.92 Å². The average Bonchev–Trinajstić information content (AvgIpc) is 2.46. The third-order valence-electron chi connectivity index (χ3n) is 3.32. The Kier molecular flexibility index (Phi) is 4.58. The molecule has 0 spiro atoms. The van der Waals surface area contributed by atoms with E-state index in [2.05, 4.69) is 24.9 Å². The van der Waals surface area contributed by atoms with Crippen LogP contribution in [0.4, 0.5) is 0 Å². The lowest BCUT2D eigenvalue weighted by atomic mass is 10.0. The molecule has 1 N–H and O–H groups in total. The smallest absolute Gasteiger partial charge is 0.354 e. The fourth-order valence-electron chi connectivity index (χ4n) is 1.97. The van der Waals surface area contributed by atoms with E-state index in [1.54, 1.807) is 6.07 Å². The van der Waals surface area contributed by atoms with Crippen LogP contribution in [-0.4, -0.2) is 16.1 Å². The average molecular weight is 285 g/mol. The monoisotopic (exact) mass is 285 g/mol. The van der Waals surface area contributed by atoms with Crippen LogP contribution in [0.5, 0.6) is 5.75 Å². The van der Waals surface area contributed by atoms with Crippen LogP contribution in [0.25, 0.3) is 0 Å². The fourth-order valence-corrected chi connectivity index (χ4v) is 1.97. The normalized spacial score (nSPS) is 10.7. The first-order chi connectivity index (χ1) is 9.97. The molecule has 110 valence electrons. The van der Waals surface area contributed by atoms with Crippen molar-refractivity contribution in [3.05, 3.63) is 58.9 Å². The van der Waals surface area contributed by atoms with E-state index < -0.39 is 5.97 Å². The molecule has 0 atom stereocenters. The Morgan fingerprint density at radius 2 is 2.05 bits per heavy atom. The molecular formula is C17H19NO3. The number of aryl methyl sites for hydroxylation is 1. The van der Waals surface area contributed by atoms with Gasteiger partial charge in [0.25, 0.3) is 0 Å². The lowest BCUT2D eigenvalue weighted by Gasteiger charge is -2.13. The molecule has 0 aliphatic carbocycles. The van der Waals surface area contributed by atoms with E-state index in [0.29, 0.717) is 12.5 Å². The third-order valence-corrected chi connectivity index (χ3v) is 3.32. The summed E-state index contributed by atoms with van der Waals surface area (Å²) in [7, 11) is 0. The lowest BCUT2D eigenvalue weighted by molar-refractivity contribution is 0.0690. The number of aromatic nitrogens is 1. The number of carboxylic acids is 1. The Balaban J connectivity index is 2.14. The SMILES string of the molecule is Cc1ccc(C(C)C)cc1OCc1ccnc(C(=O)O)c1. The van der Waals surface area contributed by atoms with Gasteiger partial charge >= 0.3 is 5.97 Å². The van der Waals surface area contributed by atoms with Gasteiger partial charge in [0, 0.05) is 6.20 Å². The van der Waals surface area contributed by atoms with Crippen LogP contribution < -0.4 is 4.74 Å². The summed E-state index contributed by atoms with van der Waals surface area (Å²) < 4.78 is 5.83. The molecule has 21 heavy (non-hydrogen) atoms. The lowest BCUT2D eigenvalue weighted by Crippen LogP contribution is -2.03. The van der Waals surface area contributed by atoms with Crippen molar-refractivity contribution >= 4 is 5.97 Å². The molecule has 0 saturated heterocycles. The van der Waals surface area contributed by atoms with Gasteiger partial charge in [-0.25, -0.2) is 9.78 Å². The van der Waals surface area contributed by atoms with Crippen LogP contribution in [0.15, 0.2) is 36.5 Å². The summed E-state index contributed by atoms with van der Waals surface area (Å²) in [5.41, 5.74) is 3.10. The molecule has 0 aliphatic heterocycles. The highest BCUT2D eigenvalue weighted by molar-refractivity contribution is 5.85. The molecule has 1 heterocycles. The van der Waals surface area contributed by atoms with Crippen LogP contribution in [0.3, 0.4) is 0 Å². The van der Waals surface area contributed by atoms with E-state index in [4.69, 9.17) is 9.84 Å². The van der Waals surface area contributed by atoms with Crippen molar-refractivity contribution in [3.8, 4) is 5.75 Å². The van der Waals surface area contributed by atoms with Crippen LogP contribution in [-0.2, 0) is 6.61 Å². The number of benzene rings is 1. The first-order valence-corrected chi connectivity index (χ1v) is 6.89. The minimum Gasteiger partial charge on any atom is -0.489 e. The molecule has 1 aromatic carbocycles. The predicted octanol–water partition coefficient (Wildman–Crippen LogP) is 3.79. The molecule has 4 heteroatoms. The maximum Gasteiger partial charge on any atom is 0.354 e. The predicted molar refractivity (Wildman–Crippen MR) is 80.8 cm³/mol. The van der Waals surface area contributed by atoms with Crippen molar-refractivity contribution in [1.29, 1.82) is 0 Å². The van der Waals surface area contributed by atoms with E-state index >= 15 is 0 Å². The number of hydrogen-bond acceptors (Lipinski definition) is 3. The number of rotatable bonds is 5. The Morgan fingerprint density at radius 1 is 1.29 bits per heavy atom. The molecule has 1 aromatic heterocycles. The minimum absolute atomic E-state index is 0.0313. The maximum atomic E-state index is 10.9. The molecule has 0 unspecified atom stereocenters. The van der Waals surface area contributed by atoms with Gasteiger partial charge in [0.2, 0.25) is 0 Å². The highest BCUT2D eigenvalue weighted by Gasteiger charge is 2.07. The summed E-state index contributed by atoms with van der Waals surface area (Å²) in [6.07, 6.45) is 1.49. The fraction of sp³-hybridized carbons (Fsp3) is 0.294. The summed E-state index contributed by atoms with van der Waals surface area (Å²) >= 11 is 0. The van der Waals surface area contributed by atoms with Gasteiger partial charge in [-0.05, 0) is 47.7 Å². The summed E-state index contributed by atoms with van der Waals surface area (Å²) in [5, 5.41) is 8.93. The Morgan fingerprint density at radius 3 is 2.71 bits per heavy atom. The van der Waals surface area contributed by atoms with Gasteiger partial charge < -0.3 is 9.84 Å². The number of ether oxygens (including phenoxy) is 1. The zero-order valence-electron chi connectivity index (χ0n) is 12.5. The number of hydrogen-bond donors (Lipinski definition) is 1. The topological polar surface area (TPSA) is 59.4 Å². The molecule has 0 aliphatic rings. The number of pyridine rings is 1. The molecule has 0 radical (unpaired) electrons. The molecule has 0 bridgehead atoms. The van der Waals surface area contributed by atoms with Gasteiger partial charge in [0.15, 0.2) is 0 Å². The summed E-state index contributed by atoms with van der Waals surface area (Å²) in [5.74, 6) is 0.234. The Labute approximate surface area is 124 Å². The number of carboxylic acid groups (broad SMARTS) is 1. The Bertz CT molecular complexity index is 650. The van der Waals surface area contributed by atoms with Crippen molar-refractivity contribution in [2.75, 3.05) is 0 Å². The second-order valence-electron chi connectivity index (χ2n) is 5.32. The third kappa shape index (κ3) is 3.81. The van der Waals surface area contributed by atoms with Gasteiger partial charge in [0.05, 0.1) is 0 Å². The van der Waals surface area contributed by atoms with Crippen molar-refractivity contribution in [2.45, 2.75) is 33.3 Å². The molecular weight excluding hydrogens is 266 g/mol.